The lowest BCUT2D eigenvalue weighted by atomic mass is 10.1. The lowest BCUT2D eigenvalue weighted by molar-refractivity contribution is -0.120. The average Bonchev–Trinajstić information content (AvgIpc) is 2.65. The number of carbonyl (C=O) groups is 2. The molecule has 2 N–H and O–H groups in total. The first-order valence-corrected chi connectivity index (χ1v) is 8.95. The van der Waals surface area contributed by atoms with Gasteiger partial charge in [-0.1, -0.05) is 36.7 Å². The van der Waals surface area contributed by atoms with E-state index in [0.717, 1.165) is 12.0 Å². The fourth-order valence-electron chi connectivity index (χ4n) is 2.40. The van der Waals surface area contributed by atoms with Gasteiger partial charge in [0.25, 0.3) is 5.91 Å². The number of amides is 2. The second-order valence-electron chi connectivity index (χ2n) is 5.78. The van der Waals surface area contributed by atoms with E-state index in [1.165, 1.54) is 0 Å². The molecule has 0 radical (unpaired) electrons. The molecule has 2 amide bonds. The lowest BCUT2D eigenvalue weighted by Crippen LogP contribution is -2.18. The van der Waals surface area contributed by atoms with Gasteiger partial charge in [-0.2, -0.15) is 0 Å². The van der Waals surface area contributed by atoms with Gasteiger partial charge in [0.15, 0.2) is 0 Å². The fourth-order valence-corrected chi connectivity index (χ4v) is 2.63. The van der Waals surface area contributed by atoms with E-state index >= 15 is 0 Å². The van der Waals surface area contributed by atoms with Gasteiger partial charge in [0.2, 0.25) is 5.91 Å². The third-order valence-electron chi connectivity index (χ3n) is 3.82. The van der Waals surface area contributed by atoms with E-state index in [1.807, 2.05) is 31.2 Å². The Hall–Kier alpha value is -2.53. The Morgan fingerprint density at radius 3 is 2.62 bits per heavy atom. The van der Waals surface area contributed by atoms with Gasteiger partial charge >= 0.3 is 0 Å². The van der Waals surface area contributed by atoms with Crippen molar-refractivity contribution >= 4 is 29.1 Å². The van der Waals surface area contributed by atoms with E-state index in [4.69, 9.17) is 16.3 Å². The minimum Gasteiger partial charge on any atom is -0.492 e. The monoisotopic (exact) mass is 374 g/mol. The zero-order chi connectivity index (χ0) is 18.9. The molecule has 0 spiro atoms. The van der Waals surface area contributed by atoms with Crippen LogP contribution < -0.4 is 15.4 Å². The van der Waals surface area contributed by atoms with Gasteiger partial charge < -0.3 is 15.4 Å². The number of hydrogen-bond donors (Lipinski definition) is 2. The van der Waals surface area contributed by atoms with Gasteiger partial charge in [-0.05, 0) is 42.7 Å². The molecule has 0 aliphatic heterocycles. The summed E-state index contributed by atoms with van der Waals surface area (Å²) in [6.45, 7) is 2.58. The predicted molar refractivity (Wildman–Crippen MR) is 104 cm³/mol. The van der Waals surface area contributed by atoms with Crippen molar-refractivity contribution in [2.24, 2.45) is 0 Å². The largest absolute Gasteiger partial charge is 0.492 e. The van der Waals surface area contributed by atoms with E-state index in [-0.39, 0.29) is 11.8 Å². The average molecular weight is 375 g/mol. The highest BCUT2D eigenvalue weighted by Crippen LogP contribution is 2.26. The Morgan fingerprint density at radius 2 is 1.92 bits per heavy atom. The van der Waals surface area contributed by atoms with Crippen molar-refractivity contribution in [2.75, 3.05) is 19.0 Å². The van der Waals surface area contributed by atoms with Gasteiger partial charge in [-0.15, -0.1) is 0 Å². The molecule has 6 heteroatoms. The van der Waals surface area contributed by atoms with Crippen LogP contribution >= 0.6 is 11.6 Å². The maximum absolute atomic E-state index is 12.5. The van der Waals surface area contributed by atoms with Crippen molar-refractivity contribution in [1.82, 2.24) is 5.32 Å². The zero-order valence-electron chi connectivity index (χ0n) is 15.0. The van der Waals surface area contributed by atoms with E-state index in [0.29, 0.717) is 41.5 Å². The topological polar surface area (TPSA) is 67.4 Å². The molecule has 5 nitrogen and oxygen atoms in total. The summed E-state index contributed by atoms with van der Waals surface area (Å²) in [4.78, 5) is 24.0. The van der Waals surface area contributed by atoms with Crippen molar-refractivity contribution in [3.63, 3.8) is 0 Å². The number of rotatable bonds is 8. The maximum atomic E-state index is 12.5. The van der Waals surface area contributed by atoms with Crippen LogP contribution in [0.4, 0.5) is 5.69 Å². The van der Waals surface area contributed by atoms with Crippen LogP contribution in [0.15, 0.2) is 42.5 Å². The number of nitrogens with one attached hydrogen (secondary N) is 2. The molecule has 0 saturated carbocycles. The first-order chi connectivity index (χ1) is 12.5. The van der Waals surface area contributed by atoms with Crippen LogP contribution in [0.2, 0.25) is 5.02 Å². The Morgan fingerprint density at radius 1 is 1.15 bits per heavy atom. The third-order valence-corrected chi connectivity index (χ3v) is 4.12. The van der Waals surface area contributed by atoms with Crippen LogP contribution in [0.3, 0.4) is 0 Å². The number of benzene rings is 2. The van der Waals surface area contributed by atoms with Gasteiger partial charge in [-0.3, -0.25) is 9.59 Å². The summed E-state index contributed by atoms with van der Waals surface area (Å²) >= 11 is 6.19. The van der Waals surface area contributed by atoms with Crippen molar-refractivity contribution < 1.29 is 14.3 Å². The van der Waals surface area contributed by atoms with E-state index in [9.17, 15) is 9.59 Å². The van der Waals surface area contributed by atoms with Crippen LogP contribution in [-0.4, -0.2) is 25.5 Å². The molecule has 0 bridgehead atoms. The van der Waals surface area contributed by atoms with E-state index < -0.39 is 0 Å². The highest BCUT2D eigenvalue weighted by atomic mass is 35.5. The highest BCUT2D eigenvalue weighted by Gasteiger charge is 2.12. The molecule has 26 heavy (non-hydrogen) atoms. The van der Waals surface area contributed by atoms with Crippen LogP contribution in [0, 0.1) is 0 Å². The molecule has 0 unspecified atom stereocenters. The molecule has 2 rings (SSSR count). The van der Waals surface area contributed by atoms with Gasteiger partial charge in [0.1, 0.15) is 5.75 Å². The molecule has 0 heterocycles. The summed E-state index contributed by atoms with van der Waals surface area (Å²) in [5.41, 5.74) is 2.03. The first kappa shape index (κ1) is 19.8. The summed E-state index contributed by atoms with van der Waals surface area (Å²) < 4.78 is 5.52. The Bertz CT molecular complexity index is 777. The number of para-hydroxylation sites is 1. The summed E-state index contributed by atoms with van der Waals surface area (Å²) in [7, 11) is 1.60. The number of anilines is 1. The van der Waals surface area contributed by atoms with Crippen LogP contribution in [0.1, 0.15) is 35.7 Å². The second-order valence-corrected chi connectivity index (χ2v) is 6.19. The zero-order valence-corrected chi connectivity index (χ0v) is 15.7. The van der Waals surface area contributed by atoms with E-state index in [1.54, 1.807) is 25.2 Å². The molecule has 0 aliphatic carbocycles. The van der Waals surface area contributed by atoms with E-state index in [2.05, 4.69) is 10.6 Å². The van der Waals surface area contributed by atoms with Crippen LogP contribution in [0.25, 0.3) is 0 Å². The Kier molecular flexibility index (Phi) is 7.48. The summed E-state index contributed by atoms with van der Waals surface area (Å²) in [5, 5.41) is 5.88. The number of halogens is 1. The maximum Gasteiger partial charge on any atom is 0.255 e. The number of ether oxygens (including phenoxy) is 1. The summed E-state index contributed by atoms with van der Waals surface area (Å²) in [6, 6.07) is 12.4. The smallest absolute Gasteiger partial charge is 0.255 e. The Labute approximate surface area is 158 Å². The van der Waals surface area contributed by atoms with Crippen molar-refractivity contribution in [3.8, 4) is 5.75 Å². The predicted octanol–water partition coefficient (Wildman–Crippen LogP) is 4.06. The molecule has 2 aromatic rings. The Balaban J connectivity index is 2.10. The first-order valence-electron chi connectivity index (χ1n) is 8.57. The molecule has 0 aromatic heterocycles. The number of aryl methyl sites for hydroxylation is 1. The molecule has 0 saturated heterocycles. The van der Waals surface area contributed by atoms with Crippen LogP contribution in [-0.2, 0) is 11.2 Å². The lowest BCUT2D eigenvalue weighted by Gasteiger charge is -2.12. The van der Waals surface area contributed by atoms with Crippen molar-refractivity contribution in [2.45, 2.75) is 26.2 Å². The quantitative estimate of drug-likeness (QED) is 0.732. The van der Waals surface area contributed by atoms with Crippen molar-refractivity contribution in [1.29, 1.82) is 0 Å². The normalized spacial score (nSPS) is 10.3. The third kappa shape index (κ3) is 5.49. The standard InChI is InChI=1S/C20H23ClN2O3/c1-3-12-26-18-10-8-15(13-16(18)21)20(25)23-17-7-5-4-6-14(17)9-11-19(24)22-2/h4-8,10,13H,3,9,11-12H2,1-2H3,(H,22,24)(H,23,25). The molecular weight excluding hydrogens is 352 g/mol. The number of hydrogen-bond acceptors (Lipinski definition) is 3. The SMILES string of the molecule is CCCOc1ccc(C(=O)Nc2ccccc2CCC(=O)NC)cc1Cl. The molecule has 0 aliphatic rings. The minimum absolute atomic E-state index is 0.0411. The number of carbonyl (C=O) groups excluding carboxylic acids is 2. The molecular formula is C20H23ClN2O3. The van der Waals surface area contributed by atoms with Gasteiger partial charge in [0.05, 0.1) is 11.6 Å². The van der Waals surface area contributed by atoms with Crippen LogP contribution in [0.5, 0.6) is 5.75 Å². The fraction of sp³-hybridized carbons (Fsp3) is 0.300. The minimum atomic E-state index is -0.263. The second kappa shape index (κ2) is 9.82. The highest BCUT2D eigenvalue weighted by molar-refractivity contribution is 6.32. The van der Waals surface area contributed by atoms with Crippen molar-refractivity contribution in [3.05, 3.63) is 58.6 Å². The van der Waals surface area contributed by atoms with Gasteiger partial charge in [-0.25, -0.2) is 0 Å². The summed E-state index contributed by atoms with van der Waals surface area (Å²) in [6.07, 6.45) is 1.78. The molecule has 138 valence electrons. The van der Waals surface area contributed by atoms with Gasteiger partial charge in [0, 0.05) is 24.7 Å². The molecule has 0 atom stereocenters. The summed E-state index contributed by atoms with van der Waals surface area (Å²) in [5.74, 6) is 0.262. The molecule has 2 aromatic carbocycles. The molecule has 0 fully saturated rings.